The van der Waals surface area contributed by atoms with Crippen LogP contribution in [-0.4, -0.2) is 31.8 Å². The molecule has 1 saturated heterocycles. The molecule has 1 aromatic carbocycles. The van der Waals surface area contributed by atoms with E-state index in [0.717, 1.165) is 19.5 Å². The summed E-state index contributed by atoms with van der Waals surface area (Å²) in [7, 11) is -4.07. The second-order valence-corrected chi connectivity index (χ2v) is 6.76. The van der Waals surface area contributed by atoms with Crippen LogP contribution in [0, 0.1) is 0 Å². The van der Waals surface area contributed by atoms with Crippen LogP contribution < -0.4 is 4.90 Å². The first-order valence-electron chi connectivity index (χ1n) is 6.89. The zero-order valence-corrected chi connectivity index (χ0v) is 11.9. The van der Waals surface area contributed by atoms with Crippen molar-refractivity contribution >= 4 is 10.1 Å². The molecule has 0 spiro atoms. The fourth-order valence-electron chi connectivity index (χ4n) is 2.94. The van der Waals surface area contributed by atoms with Gasteiger partial charge in [-0.05, 0) is 12.8 Å². The molecule has 0 aliphatic carbocycles. The number of piperidine rings is 1. The van der Waals surface area contributed by atoms with Crippen LogP contribution in [0.5, 0.6) is 0 Å². The predicted octanol–water partition coefficient (Wildman–Crippen LogP) is 0.732. The average Bonchev–Trinajstić information content (AvgIpc) is 2.39. The van der Waals surface area contributed by atoms with E-state index in [4.69, 9.17) is 0 Å². The summed E-state index contributed by atoms with van der Waals surface area (Å²) in [5.41, 5.74) is 1.32. The van der Waals surface area contributed by atoms with Crippen LogP contribution in [0.1, 0.15) is 37.3 Å². The van der Waals surface area contributed by atoms with Crippen molar-refractivity contribution in [3.63, 3.8) is 0 Å². The van der Waals surface area contributed by atoms with E-state index in [1.807, 2.05) is 18.2 Å². The molecule has 1 aliphatic rings. The van der Waals surface area contributed by atoms with Crippen molar-refractivity contribution in [1.29, 1.82) is 0 Å². The highest BCUT2D eigenvalue weighted by Gasteiger charge is 2.26. The molecule has 0 saturated carbocycles. The third-order valence-electron chi connectivity index (χ3n) is 3.83. The van der Waals surface area contributed by atoms with E-state index in [1.54, 1.807) is 0 Å². The molecule has 1 heterocycles. The van der Waals surface area contributed by atoms with Gasteiger partial charge in [0.1, 0.15) is 6.04 Å². The van der Waals surface area contributed by atoms with Crippen molar-refractivity contribution in [3.8, 4) is 0 Å². The van der Waals surface area contributed by atoms with E-state index >= 15 is 0 Å². The lowest BCUT2D eigenvalue weighted by molar-refractivity contribution is -0.937. The van der Waals surface area contributed by atoms with Crippen molar-refractivity contribution in [2.45, 2.75) is 31.7 Å². The molecule has 5 heteroatoms. The maximum Gasteiger partial charge on any atom is 0.113 e. The maximum absolute atomic E-state index is 10.7. The minimum Gasteiger partial charge on any atom is -0.748 e. The van der Waals surface area contributed by atoms with Gasteiger partial charge in [-0.1, -0.05) is 30.3 Å². The van der Waals surface area contributed by atoms with E-state index in [0.29, 0.717) is 12.5 Å². The number of hydrogen-bond donors (Lipinski definition) is 1. The molecule has 1 aliphatic heterocycles. The second-order valence-electron chi connectivity index (χ2n) is 5.23. The highest BCUT2D eigenvalue weighted by atomic mass is 32.2. The smallest absolute Gasteiger partial charge is 0.113 e. The van der Waals surface area contributed by atoms with Crippen molar-refractivity contribution < 1.29 is 17.9 Å². The summed E-state index contributed by atoms with van der Waals surface area (Å²) in [6.07, 6.45) is 4.01. The first-order valence-corrected chi connectivity index (χ1v) is 8.47. The summed E-state index contributed by atoms with van der Waals surface area (Å²) in [6.45, 7) is 1.83. The zero-order chi connectivity index (χ0) is 13.7. The van der Waals surface area contributed by atoms with E-state index in [2.05, 4.69) is 12.1 Å². The van der Waals surface area contributed by atoms with Gasteiger partial charge in [0.2, 0.25) is 0 Å². The Kier molecular flexibility index (Phi) is 4.96. The van der Waals surface area contributed by atoms with Crippen LogP contribution in [0.4, 0.5) is 0 Å². The summed E-state index contributed by atoms with van der Waals surface area (Å²) in [5, 5.41) is 0. The maximum atomic E-state index is 10.7. The van der Waals surface area contributed by atoms with Gasteiger partial charge in [0.15, 0.2) is 0 Å². The molecule has 0 radical (unpaired) electrons. The number of benzene rings is 1. The molecule has 2 unspecified atom stereocenters. The van der Waals surface area contributed by atoms with Crippen molar-refractivity contribution in [2.24, 2.45) is 0 Å². The molecule has 2 atom stereocenters. The molecule has 4 nitrogen and oxygen atoms in total. The van der Waals surface area contributed by atoms with E-state index in [9.17, 15) is 13.0 Å². The van der Waals surface area contributed by atoms with Gasteiger partial charge in [0, 0.05) is 24.2 Å². The van der Waals surface area contributed by atoms with Crippen LogP contribution in [0.2, 0.25) is 0 Å². The van der Waals surface area contributed by atoms with Crippen molar-refractivity contribution in [3.05, 3.63) is 35.9 Å². The highest BCUT2D eigenvalue weighted by molar-refractivity contribution is 7.85. The highest BCUT2D eigenvalue weighted by Crippen LogP contribution is 2.18. The molecule has 0 bridgehead atoms. The van der Waals surface area contributed by atoms with Gasteiger partial charge in [-0.15, -0.1) is 0 Å². The van der Waals surface area contributed by atoms with Gasteiger partial charge in [-0.25, -0.2) is 8.42 Å². The first-order chi connectivity index (χ1) is 9.06. The average molecular weight is 283 g/mol. The van der Waals surface area contributed by atoms with Gasteiger partial charge in [0.25, 0.3) is 0 Å². The number of likely N-dealkylation sites (tertiary alicyclic amines) is 1. The van der Waals surface area contributed by atoms with Gasteiger partial charge < -0.3 is 9.45 Å². The van der Waals surface area contributed by atoms with E-state index < -0.39 is 10.1 Å². The molecule has 2 rings (SSSR count). The monoisotopic (exact) mass is 283 g/mol. The molecule has 106 valence electrons. The van der Waals surface area contributed by atoms with Crippen LogP contribution in [-0.2, 0) is 10.1 Å². The van der Waals surface area contributed by atoms with Crippen LogP contribution >= 0.6 is 0 Å². The zero-order valence-electron chi connectivity index (χ0n) is 11.0. The Morgan fingerprint density at radius 2 is 1.95 bits per heavy atom. The Balaban J connectivity index is 1.97. The van der Waals surface area contributed by atoms with E-state index in [-0.39, 0.29) is 5.75 Å². The second kappa shape index (κ2) is 6.50. The number of hydrogen-bond acceptors (Lipinski definition) is 3. The summed E-state index contributed by atoms with van der Waals surface area (Å²) >= 11 is 0. The van der Waals surface area contributed by atoms with Gasteiger partial charge in [-0.3, -0.25) is 0 Å². The molecule has 0 amide bonds. The fraction of sp³-hybridized carbons (Fsp3) is 0.571. The molecular weight excluding hydrogens is 262 g/mol. The number of quaternary nitrogens is 1. The van der Waals surface area contributed by atoms with Crippen LogP contribution in [0.15, 0.2) is 30.3 Å². The van der Waals surface area contributed by atoms with Crippen molar-refractivity contribution in [1.82, 2.24) is 0 Å². The summed E-state index contributed by atoms with van der Waals surface area (Å²) in [4.78, 5) is 1.42. The van der Waals surface area contributed by atoms with E-state index in [1.165, 1.54) is 23.3 Å². The molecular formula is C14H21NO3S. The normalized spacial score (nSPS) is 24.3. The third kappa shape index (κ3) is 4.60. The number of nitrogens with one attached hydrogen (secondary N) is 1. The van der Waals surface area contributed by atoms with Gasteiger partial charge in [-0.2, -0.15) is 0 Å². The Bertz CT molecular complexity index is 487. The van der Waals surface area contributed by atoms with Crippen LogP contribution in [0.25, 0.3) is 0 Å². The Morgan fingerprint density at radius 3 is 2.63 bits per heavy atom. The standard InChI is InChI=1S/C14H21NO3S/c16-19(17,18)12-6-11-15-10-5-4-9-14(15)13-7-2-1-3-8-13/h1-3,7-8,14H,4-6,9-12H2,(H,16,17,18). The predicted molar refractivity (Wildman–Crippen MR) is 72.9 cm³/mol. The largest absolute Gasteiger partial charge is 0.748 e. The molecule has 0 aromatic heterocycles. The third-order valence-corrected chi connectivity index (χ3v) is 4.62. The first kappa shape index (κ1) is 14.5. The lowest BCUT2D eigenvalue weighted by atomic mass is 9.95. The minimum atomic E-state index is -4.07. The van der Waals surface area contributed by atoms with Gasteiger partial charge in [0.05, 0.1) is 23.2 Å². The quantitative estimate of drug-likeness (QED) is 0.811. The topological polar surface area (TPSA) is 61.6 Å². The summed E-state index contributed by atoms with van der Waals surface area (Å²) < 4.78 is 32.0. The molecule has 1 N–H and O–H groups in total. The SMILES string of the molecule is O=S(=O)([O-])CCC[NH+]1CCCCC1c1ccccc1. The minimum absolute atomic E-state index is 0.238. The molecule has 19 heavy (non-hydrogen) atoms. The molecule has 1 aromatic rings. The molecule has 1 fully saturated rings. The fourth-order valence-corrected chi connectivity index (χ4v) is 3.44. The Hall–Kier alpha value is -0.910. The Morgan fingerprint density at radius 1 is 1.21 bits per heavy atom. The number of rotatable bonds is 5. The lowest BCUT2D eigenvalue weighted by Gasteiger charge is -2.33. The lowest BCUT2D eigenvalue weighted by Crippen LogP contribution is -3.13. The van der Waals surface area contributed by atoms with Crippen LogP contribution in [0.3, 0.4) is 0 Å². The van der Waals surface area contributed by atoms with Gasteiger partial charge >= 0.3 is 0 Å². The van der Waals surface area contributed by atoms with Crippen molar-refractivity contribution in [2.75, 3.05) is 18.8 Å². The Labute approximate surface area is 115 Å². The summed E-state index contributed by atoms with van der Waals surface area (Å²) in [6, 6.07) is 10.8. The summed E-state index contributed by atoms with van der Waals surface area (Å²) in [5.74, 6) is -0.238.